The first-order valence-corrected chi connectivity index (χ1v) is 9.14. The minimum absolute atomic E-state index is 0.0322. The highest BCUT2D eigenvalue weighted by Crippen LogP contribution is 2.40. The Morgan fingerprint density at radius 1 is 1.38 bits per heavy atom. The van der Waals surface area contributed by atoms with Gasteiger partial charge in [0.1, 0.15) is 23.7 Å². The summed E-state index contributed by atoms with van der Waals surface area (Å²) in [6.45, 7) is -0.204. The van der Waals surface area contributed by atoms with Crippen LogP contribution >= 0.6 is 0 Å². The van der Waals surface area contributed by atoms with Gasteiger partial charge in [-0.25, -0.2) is 22.9 Å². The van der Waals surface area contributed by atoms with Gasteiger partial charge in [-0.15, -0.1) is 0 Å². The van der Waals surface area contributed by atoms with Crippen LogP contribution in [0.25, 0.3) is 0 Å². The Morgan fingerprint density at radius 3 is 2.72 bits per heavy atom. The monoisotopic (exact) mass is 446 g/mol. The van der Waals surface area contributed by atoms with Crippen LogP contribution in [0, 0.1) is 17.1 Å². The Hall–Kier alpha value is -3.98. The quantitative estimate of drug-likeness (QED) is 0.740. The molecule has 1 aliphatic heterocycles. The second kappa shape index (κ2) is 9.03. The van der Waals surface area contributed by atoms with Crippen molar-refractivity contribution in [1.29, 1.82) is 5.26 Å². The molecule has 3 rings (SSSR count). The van der Waals surface area contributed by atoms with E-state index in [0.717, 1.165) is 36.4 Å². The largest absolute Gasteiger partial charge is 0.453 e. The third-order valence-electron chi connectivity index (χ3n) is 4.89. The van der Waals surface area contributed by atoms with E-state index in [9.17, 15) is 22.8 Å². The van der Waals surface area contributed by atoms with Crippen LogP contribution in [0.2, 0.25) is 0 Å². The average molecular weight is 446 g/mol. The summed E-state index contributed by atoms with van der Waals surface area (Å²) in [6, 6.07) is 7.55. The van der Waals surface area contributed by atoms with Gasteiger partial charge in [-0.2, -0.15) is 5.26 Å². The maximum absolute atomic E-state index is 14.7. The van der Waals surface area contributed by atoms with Crippen LogP contribution in [-0.2, 0) is 10.3 Å². The predicted molar refractivity (Wildman–Crippen MR) is 107 cm³/mol. The van der Waals surface area contributed by atoms with Crippen LogP contribution in [-0.4, -0.2) is 54.3 Å². The number of anilines is 1. The Morgan fingerprint density at radius 2 is 2.12 bits per heavy atom. The number of ether oxygens (including phenoxy) is 1. The van der Waals surface area contributed by atoms with E-state index in [1.165, 1.54) is 18.3 Å². The number of carbonyl (C=O) groups is 2. The van der Waals surface area contributed by atoms with E-state index in [1.807, 2.05) is 6.07 Å². The number of carbonyl (C=O) groups excluding carboxylic acids is 2. The molecule has 0 bridgehead atoms. The number of rotatable bonds is 4. The summed E-state index contributed by atoms with van der Waals surface area (Å²) in [4.78, 5) is 32.8. The van der Waals surface area contributed by atoms with E-state index in [4.69, 9.17) is 11.0 Å². The normalized spacial score (nSPS) is 20.0. The van der Waals surface area contributed by atoms with Crippen LogP contribution < -0.4 is 11.1 Å². The van der Waals surface area contributed by atoms with E-state index in [1.54, 1.807) is 0 Å². The van der Waals surface area contributed by atoms with Crippen LogP contribution in [0.1, 0.15) is 21.6 Å². The van der Waals surface area contributed by atoms with Crippen molar-refractivity contribution < 1.29 is 27.5 Å². The second-order valence-corrected chi connectivity index (χ2v) is 6.70. The minimum Gasteiger partial charge on any atom is -0.453 e. The number of benzene rings is 1. The molecule has 1 aromatic heterocycles. The Balaban J connectivity index is 1.99. The summed E-state index contributed by atoms with van der Waals surface area (Å²) in [5.74, 6) is -1.77. The molecule has 12 heteroatoms. The number of pyridine rings is 1. The number of nitrogens with one attached hydrogen (secondary N) is 1. The average Bonchev–Trinajstić information content (AvgIpc) is 2.80. The summed E-state index contributed by atoms with van der Waals surface area (Å²) < 4.78 is 47.9. The van der Waals surface area contributed by atoms with Crippen molar-refractivity contribution in [1.82, 2.24) is 9.88 Å². The van der Waals surface area contributed by atoms with Crippen molar-refractivity contribution in [2.45, 2.75) is 18.1 Å². The third kappa shape index (κ3) is 3.97. The second-order valence-electron chi connectivity index (χ2n) is 6.70. The van der Waals surface area contributed by atoms with Gasteiger partial charge in [0, 0.05) is 23.7 Å². The molecule has 0 aliphatic carbocycles. The molecule has 166 valence electrons. The third-order valence-corrected chi connectivity index (χ3v) is 4.89. The molecule has 9 nitrogen and oxygen atoms in total. The lowest BCUT2D eigenvalue weighted by molar-refractivity contribution is -0.00970. The van der Waals surface area contributed by atoms with Crippen molar-refractivity contribution in [3.63, 3.8) is 0 Å². The van der Waals surface area contributed by atoms with Crippen LogP contribution in [0.3, 0.4) is 0 Å². The molecule has 1 aromatic carbocycles. The molecule has 0 spiro atoms. The van der Waals surface area contributed by atoms with Crippen molar-refractivity contribution in [2.24, 2.45) is 10.7 Å². The summed E-state index contributed by atoms with van der Waals surface area (Å²) in [5.41, 5.74) is 2.85. The molecule has 2 aromatic rings. The number of nitrogens with two attached hydrogens (primary N) is 1. The van der Waals surface area contributed by atoms with Crippen molar-refractivity contribution in [3.05, 3.63) is 59.2 Å². The van der Waals surface area contributed by atoms with E-state index in [2.05, 4.69) is 20.0 Å². The highest BCUT2D eigenvalue weighted by Gasteiger charge is 2.53. The van der Waals surface area contributed by atoms with Gasteiger partial charge in [-0.3, -0.25) is 14.7 Å². The van der Waals surface area contributed by atoms with Gasteiger partial charge in [0.05, 0.1) is 19.2 Å². The molecule has 0 radical (unpaired) electrons. The zero-order valence-corrected chi connectivity index (χ0v) is 16.6. The van der Waals surface area contributed by atoms with Gasteiger partial charge in [-0.05, 0) is 30.3 Å². The number of halogens is 3. The van der Waals surface area contributed by atoms with Crippen molar-refractivity contribution in [2.75, 3.05) is 19.0 Å². The molecule has 2 unspecified atom stereocenters. The van der Waals surface area contributed by atoms with Crippen LogP contribution in [0.4, 0.5) is 23.7 Å². The number of nitrogens with zero attached hydrogens (tertiary/aromatic N) is 4. The zero-order valence-electron chi connectivity index (χ0n) is 16.6. The van der Waals surface area contributed by atoms with Crippen LogP contribution in [0.15, 0.2) is 41.5 Å². The van der Waals surface area contributed by atoms with Crippen molar-refractivity contribution in [3.8, 4) is 6.07 Å². The van der Waals surface area contributed by atoms with E-state index in [-0.39, 0.29) is 23.5 Å². The highest BCUT2D eigenvalue weighted by atomic mass is 19.3. The SMILES string of the molecule is COC(=O)N1CC=NC(c2cc(NC(=O)c3ccc(C#N)cn3)ccc2F)(C(F)F)C1N. The molecule has 0 saturated carbocycles. The number of nitriles is 1. The lowest BCUT2D eigenvalue weighted by Crippen LogP contribution is -2.63. The molecular formula is C20H17F3N6O3. The number of aliphatic imine (C=N–C) groups is 1. The highest BCUT2D eigenvalue weighted by molar-refractivity contribution is 6.02. The molecule has 0 fully saturated rings. The fourth-order valence-corrected chi connectivity index (χ4v) is 3.24. The fraction of sp³-hybridized carbons (Fsp3) is 0.250. The summed E-state index contributed by atoms with van der Waals surface area (Å²) in [5, 5.41) is 11.2. The molecule has 1 aliphatic rings. The standard InChI is InChI=1S/C20H17F3N6O3/c1-32-19(31)29-7-6-27-20(17(22)23,18(29)25)13-8-12(3-4-14(13)21)28-16(30)15-5-2-11(9-24)10-26-15/h2-6,8,10,17-18H,7,25H2,1H3,(H,28,30). The first-order chi connectivity index (χ1) is 15.2. The molecule has 3 N–H and O–H groups in total. The summed E-state index contributed by atoms with van der Waals surface area (Å²) in [7, 11) is 1.05. The summed E-state index contributed by atoms with van der Waals surface area (Å²) in [6.07, 6.45) is -3.82. The Labute approximate surface area is 180 Å². The predicted octanol–water partition coefficient (Wildman–Crippen LogP) is 2.24. The van der Waals surface area contributed by atoms with Crippen molar-refractivity contribution >= 4 is 23.9 Å². The first-order valence-electron chi connectivity index (χ1n) is 9.14. The topological polar surface area (TPSA) is 134 Å². The summed E-state index contributed by atoms with van der Waals surface area (Å²) >= 11 is 0. The van der Waals surface area contributed by atoms with Gasteiger partial charge >= 0.3 is 6.09 Å². The molecule has 2 heterocycles. The molecule has 2 amide bonds. The van der Waals surface area contributed by atoms with Gasteiger partial charge in [-0.1, -0.05) is 0 Å². The number of hydrogen-bond donors (Lipinski definition) is 2. The molecule has 0 saturated heterocycles. The maximum Gasteiger partial charge on any atom is 0.411 e. The zero-order chi connectivity index (χ0) is 23.5. The number of aromatic nitrogens is 1. The van der Waals surface area contributed by atoms with E-state index >= 15 is 0 Å². The molecular weight excluding hydrogens is 429 g/mol. The van der Waals surface area contributed by atoms with Gasteiger partial charge in [0.25, 0.3) is 12.3 Å². The van der Waals surface area contributed by atoms with Gasteiger partial charge < -0.3 is 15.8 Å². The fourth-order valence-electron chi connectivity index (χ4n) is 3.24. The van der Waals surface area contributed by atoms with Gasteiger partial charge in [0.15, 0.2) is 5.54 Å². The van der Waals surface area contributed by atoms with E-state index < -0.39 is 41.5 Å². The lowest BCUT2D eigenvalue weighted by atomic mass is 9.85. The van der Waals surface area contributed by atoms with Gasteiger partial charge in [0.2, 0.25) is 0 Å². The Kier molecular flexibility index (Phi) is 6.40. The number of methoxy groups -OCH3 is 1. The smallest absolute Gasteiger partial charge is 0.411 e. The Bertz CT molecular complexity index is 1100. The minimum atomic E-state index is -3.30. The number of alkyl halides is 2. The molecule has 2 atom stereocenters. The maximum atomic E-state index is 14.7. The molecule has 32 heavy (non-hydrogen) atoms. The lowest BCUT2D eigenvalue weighted by Gasteiger charge is -2.43. The van der Waals surface area contributed by atoms with Crippen LogP contribution in [0.5, 0.6) is 0 Å². The van der Waals surface area contributed by atoms with E-state index in [0.29, 0.717) is 0 Å². The first kappa shape index (κ1) is 22.7. The number of amides is 2. The number of hydrogen-bond acceptors (Lipinski definition) is 7.